The normalized spacial score (nSPS) is 11.5. The minimum atomic E-state index is -0.430. The van der Waals surface area contributed by atoms with Gasteiger partial charge in [-0.1, -0.05) is 48.0 Å². The van der Waals surface area contributed by atoms with Gasteiger partial charge in [0.15, 0.2) is 6.61 Å². The molecule has 0 bridgehead atoms. The van der Waals surface area contributed by atoms with E-state index >= 15 is 0 Å². The lowest BCUT2D eigenvalue weighted by Gasteiger charge is -2.16. The van der Waals surface area contributed by atoms with Gasteiger partial charge in [0.2, 0.25) is 0 Å². The molecule has 2 aromatic carbocycles. The van der Waals surface area contributed by atoms with E-state index in [1.54, 1.807) is 6.92 Å². The maximum Gasteiger partial charge on any atom is 0.311 e. The Labute approximate surface area is 154 Å². The van der Waals surface area contributed by atoms with E-state index in [1.165, 1.54) is 0 Å². The number of esters is 1. The first-order valence-electron chi connectivity index (χ1n) is 8.75. The first kappa shape index (κ1) is 19.5. The summed E-state index contributed by atoms with van der Waals surface area (Å²) in [6.07, 6.45) is 0.513. The Morgan fingerprint density at radius 3 is 2.38 bits per heavy atom. The van der Waals surface area contributed by atoms with Gasteiger partial charge in [-0.3, -0.25) is 9.59 Å². The quantitative estimate of drug-likeness (QED) is 0.703. The van der Waals surface area contributed by atoms with Crippen LogP contribution in [0.4, 0.5) is 0 Å². The molecule has 1 unspecified atom stereocenters. The average Bonchev–Trinajstić information content (AvgIpc) is 2.65. The predicted molar refractivity (Wildman–Crippen MR) is 100.0 cm³/mol. The molecule has 5 heteroatoms. The summed E-state index contributed by atoms with van der Waals surface area (Å²) in [4.78, 5) is 24.2. The van der Waals surface area contributed by atoms with Crippen LogP contribution >= 0.6 is 0 Å². The average molecular weight is 355 g/mol. The van der Waals surface area contributed by atoms with Crippen LogP contribution < -0.4 is 10.1 Å². The number of nitrogens with one attached hydrogen (secondary N) is 1. The molecule has 0 heterocycles. The lowest BCUT2D eigenvalue weighted by Crippen LogP contribution is -2.37. The predicted octanol–water partition coefficient (Wildman–Crippen LogP) is 2.91. The van der Waals surface area contributed by atoms with Crippen molar-refractivity contribution in [3.05, 3.63) is 65.7 Å². The van der Waals surface area contributed by atoms with Crippen molar-refractivity contribution in [3.63, 3.8) is 0 Å². The van der Waals surface area contributed by atoms with Crippen LogP contribution in [0, 0.1) is 12.8 Å². The Morgan fingerprint density at radius 2 is 1.73 bits per heavy atom. The molecule has 26 heavy (non-hydrogen) atoms. The van der Waals surface area contributed by atoms with Crippen molar-refractivity contribution in [2.24, 2.45) is 5.92 Å². The van der Waals surface area contributed by atoms with E-state index in [-0.39, 0.29) is 25.0 Å². The molecule has 0 spiro atoms. The lowest BCUT2D eigenvalue weighted by molar-refractivity contribution is -0.147. The first-order chi connectivity index (χ1) is 12.6. The third-order valence-electron chi connectivity index (χ3n) is 3.88. The van der Waals surface area contributed by atoms with Gasteiger partial charge >= 0.3 is 5.97 Å². The molecule has 0 aliphatic carbocycles. The van der Waals surface area contributed by atoms with Crippen LogP contribution in [-0.2, 0) is 20.7 Å². The summed E-state index contributed by atoms with van der Waals surface area (Å²) in [5.41, 5.74) is 2.15. The zero-order valence-electron chi connectivity index (χ0n) is 15.2. The number of amides is 1. The molecule has 1 atom stereocenters. The summed E-state index contributed by atoms with van der Waals surface area (Å²) in [7, 11) is 0. The molecule has 0 aliphatic heterocycles. The Morgan fingerprint density at radius 1 is 1.04 bits per heavy atom. The molecular weight excluding hydrogens is 330 g/mol. The van der Waals surface area contributed by atoms with Crippen molar-refractivity contribution in [1.82, 2.24) is 5.32 Å². The number of hydrogen-bond donors (Lipinski definition) is 1. The smallest absolute Gasteiger partial charge is 0.311 e. The van der Waals surface area contributed by atoms with Crippen LogP contribution in [0.5, 0.6) is 5.75 Å². The maximum atomic E-state index is 12.2. The van der Waals surface area contributed by atoms with Crippen LogP contribution in [0.3, 0.4) is 0 Å². The van der Waals surface area contributed by atoms with E-state index in [4.69, 9.17) is 9.47 Å². The minimum Gasteiger partial charge on any atom is -0.484 e. The molecule has 0 radical (unpaired) electrons. The minimum absolute atomic E-state index is 0.0933. The summed E-state index contributed by atoms with van der Waals surface area (Å²) >= 11 is 0. The van der Waals surface area contributed by atoms with E-state index in [1.807, 2.05) is 61.5 Å². The fourth-order valence-electron chi connectivity index (χ4n) is 2.47. The molecular formula is C21H25NO4. The van der Waals surface area contributed by atoms with Gasteiger partial charge in [-0.25, -0.2) is 0 Å². The number of rotatable bonds is 9. The topological polar surface area (TPSA) is 64.6 Å². The largest absolute Gasteiger partial charge is 0.484 e. The fourth-order valence-corrected chi connectivity index (χ4v) is 2.47. The fraction of sp³-hybridized carbons (Fsp3) is 0.333. The number of carbonyl (C=O) groups excluding carboxylic acids is 2. The standard InChI is InChI=1S/C21H25NO4/c1-3-25-21(24)18(13-17-7-5-4-6-8-17)14-22-20(23)15-26-19-11-9-16(2)10-12-19/h4-12,18H,3,13-15H2,1-2H3,(H,22,23). The van der Waals surface area contributed by atoms with Crippen molar-refractivity contribution >= 4 is 11.9 Å². The van der Waals surface area contributed by atoms with Gasteiger partial charge in [0.25, 0.3) is 5.91 Å². The number of aryl methyl sites for hydroxylation is 1. The monoisotopic (exact) mass is 355 g/mol. The highest BCUT2D eigenvalue weighted by Gasteiger charge is 2.21. The van der Waals surface area contributed by atoms with Gasteiger partial charge in [0.1, 0.15) is 5.75 Å². The number of ether oxygens (including phenoxy) is 2. The van der Waals surface area contributed by atoms with Crippen LogP contribution in [0.1, 0.15) is 18.1 Å². The van der Waals surface area contributed by atoms with Crippen LogP contribution in [-0.4, -0.2) is 31.6 Å². The van der Waals surface area contributed by atoms with Crippen LogP contribution in [0.15, 0.2) is 54.6 Å². The Kier molecular flexibility index (Phi) is 7.68. The van der Waals surface area contributed by atoms with E-state index in [0.29, 0.717) is 18.8 Å². The maximum absolute atomic E-state index is 12.2. The third kappa shape index (κ3) is 6.59. The summed E-state index contributed by atoms with van der Waals surface area (Å²) < 4.78 is 10.6. The van der Waals surface area contributed by atoms with Crippen LogP contribution in [0.2, 0.25) is 0 Å². The molecule has 0 fully saturated rings. The Hall–Kier alpha value is -2.82. The van der Waals surface area contributed by atoms with Gasteiger partial charge in [0, 0.05) is 6.54 Å². The summed E-state index contributed by atoms with van der Waals surface area (Å²) in [6, 6.07) is 17.2. The van der Waals surface area contributed by atoms with E-state index in [0.717, 1.165) is 11.1 Å². The lowest BCUT2D eigenvalue weighted by atomic mass is 9.99. The van der Waals surface area contributed by atoms with Gasteiger partial charge in [-0.05, 0) is 38.0 Å². The van der Waals surface area contributed by atoms with E-state index in [2.05, 4.69) is 5.32 Å². The Bertz CT molecular complexity index is 698. The molecule has 138 valence electrons. The molecule has 0 saturated heterocycles. The molecule has 0 aliphatic rings. The molecule has 2 aromatic rings. The van der Waals surface area contributed by atoms with Gasteiger partial charge < -0.3 is 14.8 Å². The second-order valence-corrected chi connectivity index (χ2v) is 6.04. The van der Waals surface area contributed by atoms with Crippen molar-refractivity contribution in [2.45, 2.75) is 20.3 Å². The highest BCUT2D eigenvalue weighted by Crippen LogP contribution is 2.12. The molecule has 5 nitrogen and oxygen atoms in total. The zero-order chi connectivity index (χ0) is 18.8. The third-order valence-corrected chi connectivity index (χ3v) is 3.88. The number of hydrogen-bond acceptors (Lipinski definition) is 4. The molecule has 1 amide bonds. The SMILES string of the molecule is CCOC(=O)C(CNC(=O)COc1ccc(C)cc1)Cc1ccccc1. The van der Waals surface area contributed by atoms with E-state index in [9.17, 15) is 9.59 Å². The van der Waals surface area contributed by atoms with Gasteiger partial charge in [0.05, 0.1) is 12.5 Å². The second-order valence-electron chi connectivity index (χ2n) is 6.04. The molecule has 0 aromatic heterocycles. The second kappa shape index (κ2) is 10.2. The number of carbonyl (C=O) groups is 2. The first-order valence-corrected chi connectivity index (χ1v) is 8.75. The summed E-state index contributed by atoms with van der Waals surface area (Å²) in [5.74, 6) is -0.373. The molecule has 2 rings (SSSR count). The van der Waals surface area contributed by atoms with Crippen molar-refractivity contribution in [1.29, 1.82) is 0 Å². The highest BCUT2D eigenvalue weighted by atomic mass is 16.5. The zero-order valence-corrected chi connectivity index (χ0v) is 15.2. The van der Waals surface area contributed by atoms with E-state index < -0.39 is 5.92 Å². The molecule has 0 saturated carbocycles. The van der Waals surface area contributed by atoms with Crippen LogP contribution in [0.25, 0.3) is 0 Å². The van der Waals surface area contributed by atoms with Gasteiger partial charge in [-0.2, -0.15) is 0 Å². The molecule has 1 N–H and O–H groups in total. The van der Waals surface area contributed by atoms with Gasteiger partial charge in [-0.15, -0.1) is 0 Å². The summed E-state index contributed by atoms with van der Waals surface area (Å²) in [6.45, 7) is 4.19. The highest BCUT2D eigenvalue weighted by molar-refractivity contribution is 5.79. The van der Waals surface area contributed by atoms with Crippen molar-refractivity contribution in [2.75, 3.05) is 19.8 Å². The van der Waals surface area contributed by atoms with Crippen molar-refractivity contribution in [3.8, 4) is 5.75 Å². The number of benzene rings is 2. The summed E-state index contributed by atoms with van der Waals surface area (Å²) in [5, 5.41) is 2.76. The Balaban J connectivity index is 1.85. The van der Waals surface area contributed by atoms with Crippen molar-refractivity contribution < 1.29 is 19.1 Å².